The number of fused-ring (bicyclic) bond motifs is 3. The number of nitrogens with zero attached hydrogens (tertiary/aromatic N) is 3. The van der Waals surface area contributed by atoms with E-state index >= 15 is 0 Å². The van der Waals surface area contributed by atoms with Crippen molar-refractivity contribution < 1.29 is 24.2 Å². The number of rotatable bonds is 6. The molecule has 0 fully saturated rings. The van der Waals surface area contributed by atoms with Crippen LogP contribution in [0.4, 0.5) is 0 Å². The maximum Gasteiger partial charge on any atom is 0.337 e. The van der Waals surface area contributed by atoms with Crippen molar-refractivity contribution in [1.82, 2.24) is 14.8 Å². The van der Waals surface area contributed by atoms with Gasteiger partial charge in [-0.1, -0.05) is 30.3 Å². The van der Waals surface area contributed by atoms with Crippen LogP contribution in [-0.2, 0) is 16.6 Å². The lowest BCUT2D eigenvalue weighted by molar-refractivity contribution is -0.160. The molecule has 1 unspecified atom stereocenters. The molecule has 1 atom stereocenters. The minimum Gasteiger partial charge on any atom is -0.492 e. The summed E-state index contributed by atoms with van der Waals surface area (Å²) in [6.45, 7) is 7.76. The summed E-state index contributed by atoms with van der Waals surface area (Å²) in [5.41, 5.74) is 7.38. The third-order valence-corrected chi connectivity index (χ3v) is 9.37. The Hall–Kier alpha value is -4.86. The van der Waals surface area contributed by atoms with E-state index in [4.69, 9.17) is 14.5 Å². The highest BCUT2D eigenvalue weighted by molar-refractivity contribution is 7.22. The van der Waals surface area contributed by atoms with Crippen LogP contribution in [0.25, 0.3) is 53.9 Å². The van der Waals surface area contributed by atoms with E-state index < -0.39 is 17.7 Å². The number of ketones is 1. The van der Waals surface area contributed by atoms with Gasteiger partial charge in [-0.3, -0.25) is 9.48 Å². The van der Waals surface area contributed by atoms with E-state index in [2.05, 4.69) is 35.4 Å². The van der Waals surface area contributed by atoms with E-state index in [1.54, 1.807) is 6.07 Å². The van der Waals surface area contributed by atoms with Gasteiger partial charge in [0.25, 0.3) is 0 Å². The van der Waals surface area contributed by atoms with Crippen LogP contribution in [0.2, 0.25) is 0 Å². The summed E-state index contributed by atoms with van der Waals surface area (Å²) in [6.07, 6.45) is 0.927. The third-order valence-electron chi connectivity index (χ3n) is 8.23. The number of ether oxygens (including phenoxy) is 2. The summed E-state index contributed by atoms with van der Waals surface area (Å²) in [5, 5.41) is 16.7. The summed E-state index contributed by atoms with van der Waals surface area (Å²) < 4.78 is 14.6. The van der Waals surface area contributed by atoms with Crippen LogP contribution in [0.1, 0.15) is 54.8 Å². The van der Waals surface area contributed by atoms with E-state index in [1.165, 1.54) is 11.3 Å². The summed E-state index contributed by atoms with van der Waals surface area (Å²) in [5.74, 6) is -0.544. The van der Waals surface area contributed by atoms with E-state index in [9.17, 15) is 14.7 Å². The number of aromatic nitrogens is 3. The number of carboxylic acid groups (broad SMARTS) is 1. The number of benzene rings is 4. The second kappa shape index (κ2) is 11.2. The fraction of sp³-hybridized carbons (Fsp3) is 0.243. The van der Waals surface area contributed by atoms with Gasteiger partial charge in [0.1, 0.15) is 10.8 Å². The van der Waals surface area contributed by atoms with Crippen LogP contribution in [0.15, 0.2) is 72.9 Å². The van der Waals surface area contributed by atoms with Gasteiger partial charge >= 0.3 is 5.97 Å². The van der Waals surface area contributed by atoms with Crippen LogP contribution >= 0.6 is 11.3 Å². The molecule has 3 heterocycles. The molecule has 0 spiro atoms. The molecule has 7 rings (SSSR count). The average molecular weight is 632 g/mol. The number of aliphatic carboxylic acids is 1. The maximum absolute atomic E-state index is 12.9. The van der Waals surface area contributed by atoms with E-state index in [0.717, 1.165) is 53.9 Å². The molecule has 232 valence electrons. The molecule has 8 nitrogen and oxygen atoms in total. The Bertz CT molecular complexity index is 2190. The second-order valence-corrected chi connectivity index (χ2v) is 13.7. The Morgan fingerprint density at radius 1 is 1.02 bits per heavy atom. The normalized spacial score (nSPS) is 14.0. The van der Waals surface area contributed by atoms with Crippen molar-refractivity contribution in [2.45, 2.75) is 45.8 Å². The highest BCUT2D eigenvalue weighted by Crippen LogP contribution is 2.45. The summed E-state index contributed by atoms with van der Waals surface area (Å²) in [6, 6.07) is 22.0. The van der Waals surface area contributed by atoms with Crippen molar-refractivity contribution in [3.8, 4) is 38.6 Å². The molecule has 0 saturated heterocycles. The number of carbonyl (C=O) groups excluding carboxylic acids is 1. The third kappa shape index (κ3) is 5.35. The monoisotopic (exact) mass is 631 g/mol. The van der Waals surface area contributed by atoms with Gasteiger partial charge in [-0.25, -0.2) is 9.78 Å². The number of thiazole rings is 1. The predicted octanol–water partition coefficient (Wildman–Crippen LogP) is 8.40. The fourth-order valence-corrected chi connectivity index (χ4v) is 7.26. The van der Waals surface area contributed by atoms with Crippen molar-refractivity contribution in [2.24, 2.45) is 7.05 Å². The quantitative estimate of drug-likeness (QED) is 0.197. The molecule has 0 bridgehead atoms. The largest absolute Gasteiger partial charge is 0.492 e. The highest BCUT2D eigenvalue weighted by Gasteiger charge is 2.33. The molecule has 4 aromatic carbocycles. The molecule has 0 radical (unpaired) electrons. The van der Waals surface area contributed by atoms with Crippen LogP contribution in [0.5, 0.6) is 5.75 Å². The molecule has 0 saturated carbocycles. The van der Waals surface area contributed by atoms with Crippen molar-refractivity contribution in [3.63, 3.8) is 0 Å². The Labute approximate surface area is 270 Å². The smallest absolute Gasteiger partial charge is 0.337 e. The van der Waals surface area contributed by atoms with Gasteiger partial charge in [0.05, 0.1) is 39.7 Å². The molecule has 2 aromatic heterocycles. The molecule has 1 N–H and O–H groups in total. The van der Waals surface area contributed by atoms with Gasteiger partial charge < -0.3 is 14.6 Å². The first-order chi connectivity index (χ1) is 22.0. The first-order valence-electron chi connectivity index (χ1n) is 15.1. The molecule has 6 aromatic rings. The van der Waals surface area contributed by atoms with E-state index in [-0.39, 0.29) is 5.78 Å². The minimum absolute atomic E-state index is 0.000512. The Kier molecular flexibility index (Phi) is 7.25. The number of hydrogen-bond donors (Lipinski definition) is 1. The van der Waals surface area contributed by atoms with Crippen molar-refractivity contribution >= 4 is 44.2 Å². The number of aryl methyl sites for hydroxylation is 2. The van der Waals surface area contributed by atoms with Crippen LogP contribution in [-0.4, -0.2) is 43.8 Å². The molecular weight excluding hydrogens is 598 g/mol. The standard InChI is InChI=1S/C37H33N3O5S/c1-20-15-27-34(46-35(39-27)24-8-6-7-21(16-24)22-9-11-28-25(17-22)19-38-40(28)5)32(31(20)33(36(42)43)45-37(2,3)4)23-10-12-30-26(18-23)29(41)13-14-44-30/h6-12,15-19,33H,13-14H2,1-5H3,(H,42,43). The zero-order valence-electron chi connectivity index (χ0n) is 26.2. The summed E-state index contributed by atoms with van der Waals surface area (Å²) >= 11 is 1.50. The van der Waals surface area contributed by atoms with Crippen molar-refractivity contribution in [2.75, 3.05) is 6.61 Å². The number of Topliss-reactive ketones (excluding diaryl/α,β-unsaturated/α-hetero) is 1. The van der Waals surface area contributed by atoms with Gasteiger partial charge in [-0.15, -0.1) is 11.3 Å². The topological polar surface area (TPSA) is 104 Å². The lowest BCUT2D eigenvalue weighted by Crippen LogP contribution is -2.28. The number of hydrogen-bond acceptors (Lipinski definition) is 7. The minimum atomic E-state index is -1.24. The maximum atomic E-state index is 12.9. The van der Waals surface area contributed by atoms with Gasteiger partial charge in [0.2, 0.25) is 0 Å². The predicted molar refractivity (Wildman–Crippen MR) is 181 cm³/mol. The first kappa shape index (κ1) is 29.8. The molecular formula is C37H33N3O5S. The van der Waals surface area contributed by atoms with Gasteiger partial charge in [-0.05, 0) is 86.3 Å². The number of carbonyl (C=O) groups is 2. The highest BCUT2D eigenvalue weighted by atomic mass is 32.1. The van der Waals surface area contributed by atoms with Gasteiger partial charge in [-0.2, -0.15) is 5.10 Å². The Morgan fingerprint density at radius 2 is 1.78 bits per heavy atom. The molecule has 0 aliphatic carbocycles. The van der Waals surface area contributed by atoms with Gasteiger partial charge in [0.15, 0.2) is 11.9 Å². The SMILES string of the molecule is Cc1cc2nc(-c3cccc(-c4ccc5c(cnn5C)c4)c3)sc2c(-c2ccc3c(c2)C(=O)CCO3)c1C(OC(C)(C)C)C(=O)O. The lowest BCUT2D eigenvalue weighted by Gasteiger charge is -2.28. The molecule has 1 aliphatic heterocycles. The van der Waals surface area contributed by atoms with E-state index in [1.807, 2.05) is 76.0 Å². The summed E-state index contributed by atoms with van der Waals surface area (Å²) in [4.78, 5) is 30.8. The van der Waals surface area contributed by atoms with Crippen LogP contribution in [0.3, 0.4) is 0 Å². The molecule has 46 heavy (non-hydrogen) atoms. The Morgan fingerprint density at radius 3 is 2.57 bits per heavy atom. The van der Waals surface area contributed by atoms with Crippen molar-refractivity contribution in [1.29, 1.82) is 0 Å². The van der Waals surface area contributed by atoms with Crippen LogP contribution in [0, 0.1) is 6.92 Å². The van der Waals surface area contributed by atoms with E-state index in [0.29, 0.717) is 35.5 Å². The van der Waals surface area contributed by atoms with Crippen molar-refractivity contribution in [3.05, 3.63) is 89.6 Å². The first-order valence-corrected chi connectivity index (χ1v) is 16.0. The summed E-state index contributed by atoms with van der Waals surface area (Å²) in [7, 11) is 1.93. The number of carboxylic acids is 1. The molecule has 1 aliphatic rings. The second-order valence-electron chi connectivity index (χ2n) is 12.7. The Balaban J connectivity index is 1.42. The van der Waals surface area contributed by atoms with Gasteiger partial charge in [0, 0.05) is 35.5 Å². The fourth-order valence-electron chi connectivity index (χ4n) is 6.14. The zero-order chi connectivity index (χ0) is 32.3. The molecule has 9 heteroatoms. The zero-order valence-corrected chi connectivity index (χ0v) is 27.1. The lowest BCUT2D eigenvalue weighted by atomic mass is 9.89. The van der Waals surface area contributed by atoms with Crippen LogP contribution < -0.4 is 4.74 Å². The average Bonchev–Trinajstić information content (AvgIpc) is 3.62. The molecule has 0 amide bonds.